The Bertz CT molecular complexity index is 231. The maximum absolute atomic E-state index is 5.60. The molecule has 0 aliphatic rings. The summed E-state index contributed by atoms with van der Waals surface area (Å²) in [5, 5.41) is 0. The zero-order valence-electron chi connectivity index (χ0n) is 5.80. The van der Waals surface area contributed by atoms with E-state index in [0.717, 1.165) is 16.9 Å². The maximum atomic E-state index is 5.60. The van der Waals surface area contributed by atoms with E-state index in [2.05, 4.69) is 6.92 Å². The fourth-order valence-corrected chi connectivity index (χ4v) is 0.842. The summed E-state index contributed by atoms with van der Waals surface area (Å²) in [5.74, 6) is 0. The van der Waals surface area contributed by atoms with Crippen molar-refractivity contribution in [2.75, 3.05) is 11.5 Å². The minimum atomic E-state index is 0.691. The number of rotatable bonds is 1. The van der Waals surface area contributed by atoms with Gasteiger partial charge in [-0.15, -0.1) is 0 Å². The molecule has 0 bridgehead atoms. The fourth-order valence-electron chi connectivity index (χ4n) is 0.842. The molecule has 2 nitrogen and oxygen atoms in total. The minimum Gasteiger partial charge on any atom is -0.399 e. The minimum absolute atomic E-state index is 0.691. The van der Waals surface area contributed by atoms with Crippen LogP contribution in [0, 0.1) is 6.92 Å². The van der Waals surface area contributed by atoms with Crippen molar-refractivity contribution in [3.63, 3.8) is 0 Å². The highest BCUT2D eigenvalue weighted by Crippen LogP contribution is 2.15. The summed E-state index contributed by atoms with van der Waals surface area (Å²) in [6, 6.07) is 5.44. The molecule has 0 aliphatic carbocycles. The van der Waals surface area contributed by atoms with E-state index < -0.39 is 0 Å². The van der Waals surface area contributed by atoms with Crippen molar-refractivity contribution in [1.82, 2.24) is 0 Å². The summed E-state index contributed by atoms with van der Waals surface area (Å²) in [4.78, 5) is 0. The van der Waals surface area contributed by atoms with E-state index in [1.807, 2.05) is 6.07 Å². The van der Waals surface area contributed by atoms with Crippen LogP contribution in [0.3, 0.4) is 0 Å². The van der Waals surface area contributed by atoms with Crippen LogP contribution in [0.5, 0.6) is 0 Å². The number of hydrogen-bond donors (Lipinski definition) is 2. The number of anilines is 2. The average molecular weight is 135 g/mol. The first-order chi connectivity index (χ1) is 4.74. The van der Waals surface area contributed by atoms with E-state index >= 15 is 0 Å². The van der Waals surface area contributed by atoms with Gasteiger partial charge in [0, 0.05) is 11.4 Å². The Morgan fingerprint density at radius 2 is 2.00 bits per heavy atom. The van der Waals surface area contributed by atoms with Crippen molar-refractivity contribution in [2.24, 2.45) is 0 Å². The molecule has 0 saturated heterocycles. The monoisotopic (exact) mass is 135 g/mol. The molecule has 0 atom stereocenters. The van der Waals surface area contributed by atoms with Gasteiger partial charge < -0.3 is 11.5 Å². The van der Waals surface area contributed by atoms with Gasteiger partial charge >= 0.3 is 0 Å². The van der Waals surface area contributed by atoms with Crippen molar-refractivity contribution in [3.05, 3.63) is 30.7 Å². The normalized spacial score (nSPS) is 9.70. The third-order valence-corrected chi connectivity index (χ3v) is 1.44. The van der Waals surface area contributed by atoms with E-state index in [-0.39, 0.29) is 0 Å². The van der Waals surface area contributed by atoms with Gasteiger partial charge in [0.2, 0.25) is 0 Å². The van der Waals surface area contributed by atoms with E-state index in [1.54, 1.807) is 12.1 Å². The number of nitrogens with two attached hydrogens (primary N) is 2. The second kappa shape index (κ2) is 2.60. The van der Waals surface area contributed by atoms with Crippen molar-refractivity contribution in [2.45, 2.75) is 6.42 Å². The van der Waals surface area contributed by atoms with Gasteiger partial charge in [0.15, 0.2) is 0 Å². The molecular formula is C8H11N2. The maximum Gasteiger partial charge on any atom is 0.0348 e. The van der Waals surface area contributed by atoms with Crippen LogP contribution in [-0.4, -0.2) is 0 Å². The first-order valence-electron chi connectivity index (χ1n) is 3.17. The Balaban J connectivity index is 3.09. The number of benzene rings is 1. The van der Waals surface area contributed by atoms with Crippen LogP contribution in [-0.2, 0) is 6.42 Å². The van der Waals surface area contributed by atoms with Crippen LogP contribution in [0.4, 0.5) is 11.4 Å². The highest BCUT2D eigenvalue weighted by Gasteiger charge is 1.94. The number of hydrogen-bond acceptors (Lipinski definition) is 2. The standard InChI is InChI=1S/C8H11N2/c1-2-6-5-7(9)3-4-8(6)10/h3-5H,1-2,9-10H2. The Hall–Kier alpha value is -1.18. The molecule has 0 saturated carbocycles. The lowest BCUT2D eigenvalue weighted by Gasteiger charge is -2.02. The molecule has 2 heteroatoms. The van der Waals surface area contributed by atoms with Crippen LogP contribution in [0.25, 0.3) is 0 Å². The topological polar surface area (TPSA) is 52.0 Å². The predicted octanol–water partition coefficient (Wildman–Crippen LogP) is 1.23. The molecular weight excluding hydrogens is 124 g/mol. The van der Waals surface area contributed by atoms with E-state index in [0.29, 0.717) is 6.42 Å². The van der Waals surface area contributed by atoms with E-state index in [4.69, 9.17) is 11.5 Å². The lowest BCUT2D eigenvalue weighted by Crippen LogP contribution is -1.94. The molecule has 0 aliphatic heterocycles. The van der Waals surface area contributed by atoms with Crippen molar-refractivity contribution in [3.8, 4) is 0 Å². The highest BCUT2D eigenvalue weighted by atomic mass is 14.6. The first kappa shape index (κ1) is 6.93. The van der Waals surface area contributed by atoms with Crippen molar-refractivity contribution in [1.29, 1.82) is 0 Å². The predicted molar refractivity (Wildman–Crippen MR) is 44.3 cm³/mol. The molecule has 1 rings (SSSR count). The van der Waals surface area contributed by atoms with Gasteiger partial charge in [0.1, 0.15) is 0 Å². The van der Waals surface area contributed by atoms with Crippen LogP contribution >= 0.6 is 0 Å². The average Bonchev–Trinajstić information content (AvgIpc) is 1.94. The Labute approximate surface area is 60.8 Å². The van der Waals surface area contributed by atoms with Crippen LogP contribution in [0.2, 0.25) is 0 Å². The van der Waals surface area contributed by atoms with Gasteiger partial charge in [-0.2, -0.15) is 0 Å². The Kier molecular flexibility index (Phi) is 1.81. The second-order valence-electron chi connectivity index (χ2n) is 2.21. The number of nitrogen functional groups attached to an aromatic ring is 2. The van der Waals surface area contributed by atoms with Crippen LogP contribution < -0.4 is 11.5 Å². The van der Waals surface area contributed by atoms with E-state index in [1.165, 1.54) is 0 Å². The molecule has 0 spiro atoms. The molecule has 0 fully saturated rings. The lowest BCUT2D eigenvalue weighted by molar-refractivity contribution is 1.28. The Morgan fingerprint density at radius 1 is 1.30 bits per heavy atom. The second-order valence-corrected chi connectivity index (χ2v) is 2.21. The summed E-state index contributed by atoms with van der Waals surface area (Å²) in [6.45, 7) is 3.72. The molecule has 53 valence electrons. The van der Waals surface area contributed by atoms with Crippen LogP contribution in [0.1, 0.15) is 5.56 Å². The van der Waals surface area contributed by atoms with Crippen molar-refractivity contribution >= 4 is 11.4 Å². The first-order valence-corrected chi connectivity index (χ1v) is 3.17. The zero-order chi connectivity index (χ0) is 7.56. The molecule has 0 aromatic heterocycles. The SMILES string of the molecule is [CH2]Cc1cc(N)ccc1N. The molecule has 0 heterocycles. The van der Waals surface area contributed by atoms with Gasteiger partial charge in [-0.1, -0.05) is 0 Å². The zero-order valence-corrected chi connectivity index (χ0v) is 5.80. The fraction of sp³-hybridized carbons (Fsp3) is 0.125. The van der Waals surface area contributed by atoms with Crippen molar-refractivity contribution < 1.29 is 0 Å². The largest absolute Gasteiger partial charge is 0.399 e. The van der Waals surface area contributed by atoms with Gasteiger partial charge in [0.05, 0.1) is 0 Å². The molecule has 1 radical (unpaired) electrons. The third kappa shape index (κ3) is 1.21. The Morgan fingerprint density at radius 3 is 2.50 bits per heavy atom. The molecule has 1 aromatic carbocycles. The van der Waals surface area contributed by atoms with Gasteiger partial charge in [0.25, 0.3) is 0 Å². The summed E-state index contributed by atoms with van der Waals surface area (Å²) >= 11 is 0. The third-order valence-electron chi connectivity index (χ3n) is 1.44. The summed E-state index contributed by atoms with van der Waals surface area (Å²) in [7, 11) is 0. The lowest BCUT2D eigenvalue weighted by atomic mass is 10.1. The molecule has 0 unspecified atom stereocenters. The molecule has 1 aromatic rings. The quantitative estimate of drug-likeness (QED) is 0.569. The van der Waals surface area contributed by atoms with Gasteiger partial charge in [-0.25, -0.2) is 0 Å². The smallest absolute Gasteiger partial charge is 0.0348 e. The summed E-state index contributed by atoms with van der Waals surface area (Å²) in [6.07, 6.45) is 0.691. The molecule has 4 N–H and O–H groups in total. The van der Waals surface area contributed by atoms with Gasteiger partial charge in [-0.3, -0.25) is 0 Å². The summed E-state index contributed by atoms with van der Waals surface area (Å²) < 4.78 is 0. The van der Waals surface area contributed by atoms with Gasteiger partial charge in [-0.05, 0) is 37.1 Å². The molecule has 10 heavy (non-hydrogen) atoms. The highest BCUT2D eigenvalue weighted by molar-refractivity contribution is 5.55. The van der Waals surface area contributed by atoms with E-state index in [9.17, 15) is 0 Å². The summed E-state index contributed by atoms with van der Waals surface area (Å²) in [5.41, 5.74) is 13.6. The van der Waals surface area contributed by atoms with Crippen LogP contribution in [0.15, 0.2) is 18.2 Å². The molecule has 0 amide bonds.